The number of carbonyl (C=O) groups is 1. The van der Waals surface area contributed by atoms with Crippen molar-refractivity contribution < 1.29 is 14.3 Å². The lowest BCUT2D eigenvalue weighted by atomic mass is 10.1. The van der Waals surface area contributed by atoms with E-state index in [1.165, 1.54) is 0 Å². The van der Waals surface area contributed by atoms with Crippen molar-refractivity contribution in [3.63, 3.8) is 0 Å². The molecule has 2 N–H and O–H groups in total. The second kappa shape index (κ2) is 9.60. The fourth-order valence-electron chi connectivity index (χ4n) is 1.26. The molecular weight excluding hydrogens is 206 g/mol. The van der Waals surface area contributed by atoms with Gasteiger partial charge in [0.15, 0.2) is 0 Å². The Hall–Kier alpha value is -0.610. The first-order valence-corrected chi connectivity index (χ1v) is 6.07. The average molecular weight is 231 g/mol. The van der Waals surface area contributed by atoms with Crippen LogP contribution in [0.1, 0.15) is 40.0 Å². The van der Waals surface area contributed by atoms with Crippen molar-refractivity contribution in [2.45, 2.75) is 46.1 Å². The second-order valence-corrected chi connectivity index (χ2v) is 4.37. The Morgan fingerprint density at radius 3 is 2.50 bits per heavy atom. The molecular formula is C12H25NO3. The molecule has 0 heterocycles. The monoisotopic (exact) mass is 231 g/mol. The highest BCUT2D eigenvalue weighted by Crippen LogP contribution is 2.03. The number of esters is 1. The number of rotatable bonds is 9. The summed E-state index contributed by atoms with van der Waals surface area (Å²) in [6.45, 7) is 7.65. The fourth-order valence-corrected chi connectivity index (χ4v) is 1.26. The Morgan fingerprint density at radius 2 is 1.94 bits per heavy atom. The van der Waals surface area contributed by atoms with Crippen LogP contribution in [0.5, 0.6) is 0 Å². The summed E-state index contributed by atoms with van der Waals surface area (Å²) in [4.78, 5) is 11.4. The van der Waals surface area contributed by atoms with Gasteiger partial charge in [-0.2, -0.15) is 0 Å². The van der Waals surface area contributed by atoms with E-state index < -0.39 is 6.04 Å². The van der Waals surface area contributed by atoms with Crippen LogP contribution in [0.25, 0.3) is 0 Å². The van der Waals surface area contributed by atoms with Crippen molar-refractivity contribution in [3.05, 3.63) is 0 Å². The molecule has 0 rings (SSSR count). The van der Waals surface area contributed by atoms with Crippen LogP contribution in [-0.4, -0.2) is 31.8 Å². The Labute approximate surface area is 98.5 Å². The van der Waals surface area contributed by atoms with Gasteiger partial charge in [0.1, 0.15) is 12.6 Å². The highest BCUT2D eigenvalue weighted by atomic mass is 16.6. The maximum atomic E-state index is 11.4. The zero-order valence-electron chi connectivity index (χ0n) is 10.7. The molecule has 0 amide bonds. The van der Waals surface area contributed by atoms with Crippen LogP contribution in [0.3, 0.4) is 0 Å². The summed E-state index contributed by atoms with van der Waals surface area (Å²) in [5.41, 5.74) is 5.67. The summed E-state index contributed by atoms with van der Waals surface area (Å²) in [5.74, 6) is 0.0798. The summed E-state index contributed by atoms with van der Waals surface area (Å²) >= 11 is 0. The van der Waals surface area contributed by atoms with E-state index in [1.807, 2.05) is 13.8 Å². The van der Waals surface area contributed by atoms with E-state index >= 15 is 0 Å². The molecule has 0 aromatic rings. The predicted octanol–water partition coefficient (Wildman–Crippen LogP) is 1.72. The Kier molecular flexibility index (Phi) is 9.24. The third kappa shape index (κ3) is 8.68. The SMILES string of the molecule is CCCCOCCOC(=O)C(N)CC(C)C. The first kappa shape index (κ1) is 15.4. The van der Waals surface area contributed by atoms with Gasteiger partial charge in [-0.15, -0.1) is 0 Å². The predicted molar refractivity (Wildman–Crippen MR) is 64.1 cm³/mol. The molecule has 0 aliphatic carbocycles. The normalized spacial score (nSPS) is 12.8. The summed E-state index contributed by atoms with van der Waals surface area (Å²) < 4.78 is 10.3. The average Bonchev–Trinajstić information content (AvgIpc) is 2.21. The zero-order valence-corrected chi connectivity index (χ0v) is 10.7. The third-order valence-electron chi connectivity index (χ3n) is 2.14. The van der Waals surface area contributed by atoms with Gasteiger partial charge in [0, 0.05) is 6.61 Å². The molecule has 0 bridgehead atoms. The minimum Gasteiger partial charge on any atom is -0.462 e. The molecule has 0 saturated heterocycles. The van der Waals surface area contributed by atoms with Crippen LogP contribution in [0, 0.1) is 5.92 Å². The van der Waals surface area contributed by atoms with Gasteiger partial charge in [-0.1, -0.05) is 27.2 Å². The van der Waals surface area contributed by atoms with Gasteiger partial charge in [0.2, 0.25) is 0 Å². The standard InChI is InChI=1S/C12H25NO3/c1-4-5-6-15-7-8-16-12(14)11(13)9-10(2)3/h10-11H,4-9,13H2,1-3H3. The molecule has 1 unspecified atom stereocenters. The minimum atomic E-state index is -0.504. The summed E-state index contributed by atoms with van der Waals surface area (Å²) in [6.07, 6.45) is 2.81. The van der Waals surface area contributed by atoms with E-state index in [0.29, 0.717) is 25.6 Å². The molecule has 0 saturated carbocycles. The van der Waals surface area contributed by atoms with E-state index in [1.54, 1.807) is 0 Å². The van der Waals surface area contributed by atoms with Gasteiger partial charge in [-0.25, -0.2) is 0 Å². The molecule has 0 aliphatic rings. The molecule has 0 aromatic heterocycles. The third-order valence-corrected chi connectivity index (χ3v) is 2.14. The largest absolute Gasteiger partial charge is 0.462 e. The van der Waals surface area contributed by atoms with E-state index in [-0.39, 0.29) is 5.97 Å². The number of nitrogens with two attached hydrogens (primary N) is 1. The smallest absolute Gasteiger partial charge is 0.322 e. The Bertz CT molecular complexity index is 183. The van der Waals surface area contributed by atoms with Gasteiger partial charge < -0.3 is 15.2 Å². The van der Waals surface area contributed by atoms with Crippen molar-refractivity contribution in [3.8, 4) is 0 Å². The van der Waals surface area contributed by atoms with Crippen molar-refractivity contribution in [1.29, 1.82) is 0 Å². The molecule has 0 aromatic carbocycles. The maximum absolute atomic E-state index is 11.4. The van der Waals surface area contributed by atoms with Crippen molar-refractivity contribution in [2.75, 3.05) is 19.8 Å². The van der Waals surface area contributed by atoms with E-state index in [4.69, 9.17) is 15.2 Å². The van der Waals surface area contributed by atoms with E-state index in [2.05, 4.69) is 6.92 Å². The number of hydrogen-bond acceptors (Lipinski definition) is 4. The second-order valence-electron chi connectivity index (χ2n) is 4.37. The highest BCUT2D eigenvalue weighted by Gasteiger charge is 2.15. The Morgan fingerprint density at radius 1 is 1.25 bits per heavy atom. The molecule has 1 atom stereocenters. The van der Waals surface area contributed by atoms with Crippen molar-refractivity contribution in [2.24, 2.45) is 11.7 Å². The van der Waals surface area contributed by atoms with Crippen LogP contribution < -0.4 is 5.73 Å². The molecule has 96 valence electrons. The first-order chi connectivity index (χ1) is 7.57. The number of carbonyl (C=O) groups excluding carboxylic acids is 1. The lowest BCUT2D eigenvalue weighted by Gasteiger charge is -2.13. The fraction of sp³-hybridized carbons (Fsp3) is 0.917. The first-order valence-electron chi connectivity index (χ1n) is 6.07. The minimum absolute atomic E-state index is 0.300. The Balaban J connectivity index is 3.42. The maximum Gasteiger partial charge on any atom is 0.322 e. The molecule has 4 heteroatoms. The van der Waals surface area contributed by atoms with Crippen LogP contribution in [0.15, 0.2) is 0 Å². The van der Waals surface area contributed by atoms with Gasteiger partial charge in [0.05, 0.1) is 6.61 Å². The number of ether oxygens (including phenoxy) is 2. The lowest BCUT2D eigenvalue weighted by molar-refractivity contribution is -0.147. The van der Waals surface area contributed by atoms with Gasteiger partial charge in [-0.3, -0.25) is 4.79 Å². The molecule has 0 aliphatic heterocycles. The van der Waals surface area contributed by atoms with E-state index in [9.17, 15) is 4.79 Å². The van der Waals surface area contributed by atoms with Crippen LogP contribution >= 0.6 is 0 Å². The van der Waals surface area contributed by atoms with Crippen molar-refractivity contribution in [1.82, 2.24) is 0 Å². The van der Waals surface area contributed by atoms with Crippen LogP contribution in [0.4, 0.5) is 0 Å². The molecule has 0 fully saturated rings. The quantitative estimate of drug-likeness (QED) is 0.485. The lowest BCUT2D eigenvalue weighted by Crippen LogP contribution is -2.34. The highest BCUT2D eigenvalue weighted by molar-refractivity contribution is 5.75. The summed E-state index contributed by atoms with van der Waals surface area (Å²) in [7, 11) is 0. The summed E-state index contributed by atoms with van der Waals surface area (Å²) in [6, 6.07) is -0.504. The number of unbranched alkanes of at least 4 members (excludes halogenated alkanes) is 1. The molecule has 0 spiro atoms. The number of hydrogen-bond donors (Lipinski definition) is 1. The van der Waals surface area contributed by atoms with Crippen molar-refractivity contribution >= 4 is 5.97 Å². The summed E-state index contributed by atoms with van der Waals surface area (Å²) in [5, 5.41) is 0. The molecule has 16 heavy (non-hydrogen) atoms. The van der Waals surface area contributed by atoms with Gasteiger partial charge in [0.25, 0.3) is 0 Å². The zero-order chi connectivity index (χ0) is 12.4. The van der Waals surface area contributed by atoms with Crippen LogP contribution in [-0.2, 0) is 14.3 Å². The topological polar surface area (TPSA) is 61.5 Å². The van der Waals surface area contributed by atoms with Gasteiger partial charge >= 0.3 is 5.97 Å². The van der Waals surface area contributed by atoms with E-state index in [0.717, 1.165) is 19.4 Å². The van der Waals surface area contributed by atoms with Gasteiger partial charge in [-0.05, 0) is 18.8 Å². The van der Waals surface area contributed by atoms with Crippen LogP contribution in [0.2, 0.25) is 0 Å². The molecule has 4 nitrogen and oxygen atoms in total. The molecule has 0 radical (unpaired) electrons.